The average Bonchev–Trinajstić information content (AvgIpc) is 3.53. The van der Waals surface area contributed by atoms with Crippen molar-refractivity contribution in [2.24, 2.45) is 0 Å². The van der Waals surface area contributed by atoms with Crippen LogP contribution in [-0.2, 0) is 0 Å². The smallest absolute Gasteiger partial charge is 0.265 e. The van der Waals surface area contributed by atoms with Gasteiger partial charge in [-0.2, -0.15) is 0 Å². The van der Waals surface area contributed by atoms with E-state index in [1.165, 1.54) is 22.7 Å². The van der Waals surface area contributed by atoms with E-state index in [1.807, 2.05) is 41.9 Å². The molecule has 5 aromatic rings. The van der Waals surface area contributed by atoms with Crippen LogP contribution < -0.4 is 10.6 Å². The molecule has 158 valence electrons. The molecule has 6 nitrogen and oxygen atoms in total. The summed E-state index contributed by atoms with van der Waals surface area (Å²) in [6.07, 6.45) is 0. The number of carbonyl (C=O) groups is 2. The van der Waals surface area contributed by atoms with Crippen molar-refractivity contribution in [1.82, 2.24) is 9.97 Å². The first-order valence-electron chi connectivity index (χ1n) is 9.88. The van der Waals surface area contributed by atoms with E-state index >= 15 is 0 Å². The van der Waals surface area contributed by atoms with Crippen LogP contribution >= 0.6 is 22.7 Å². The SMILES string of the molecule is Cc1[nH]c2ccccc2c1-c1csc(NC(=O)c2cccc(NC(=O)c3cccs3)c2)n1. The van der Waals surface area contributed by atoms with E-state index in [1.54, 1.807) is 30.3 Å². The molecule has 0 atom stereocenters. The number of carbonyl (C=O) groups excluding carboxylic acids is 2. The van der Waals surface area contributed by atoms with Crippen LogP contribution in [0.3, 0.4) is 0 Å². The van der Waals surface area contributed by atoms with Gasteiger partial charge in [0.15, 0.2) is 5.13 Å². The fourth-order valence-corrected chi connectivity index (χ4v) is 4.88. The Morgan fingerprint density at radius 3 is 2.66 bits per heavy atom. The Balaban J connectivity index is 1.33. The topological polar surface area (TPSA) is 86.9 Å². The predicted octanol–water partition coefficient (Wildman–Crippen LogP) is 6.17. The van der Waals surface area contributed by atoms with Crippen molar-refractivity contribution in [1.29, 1.82) is 0 Å². The summed E-state index contributed by atoms with van der Waals surface area (Å²) in [5, 5.41) is 11.1. The molecule has 5 rings (SSSR count). The summed E-state index contributed by atoms with van der Waals surface area (Å²) in [7, 11) is 0. The highest BCUT2D eigenvalue weighted by atomic mass is 32.1. The van der Waals surface area contributed by atoms with E-state index in [2.05, 4.69) is 26.7 Å². The molecule has 0 saturated heterocycles. The van der Waals surface area contributed by atoms with Crippen LogP contribution in [0.2, 0.25) is 0 Å². The zero-order valence-corrected chi connectivity index (χ0v) is 18.6. The fourth-order valence-electron chi connectivity index (χ4n) is 3.56. The van der Waals surface area contributed by atoms with Gasteiger partial charge in [-0.1, -0.05) is 30.3 Å². The van der Waals surface area contributed by atoms with Crippen LogP contribution in [0.25, 0.3) is 22.2 Å². The molecule has 3 heterocycles. The van der Waals surface area contributed by atoms with Crippen LogP contribution in [0, 0.1) is 6.92 Å². The highest BCUT2D eigenvalue weighted by Gasteiger charge is 2.15. The lowest BCUT2D eigenvalue weighted by molar-refractivity contribution is 0.101. The molecule has 2 amide bonds. The van der Waals surface area contributed by atoms with E-state index in [0.717, 1.165) is 27.9 Å². The summed E-state index contributed by atoms with van der Waals surface area (Å²) in [5.74, 6) is -0.481. The highest BCUT2D eigenvalue weighted by molar-refractivity contribution is 7.14. The molecule has 0 aliphatic heterocycles. The third-order valence-corrected chi connectivity index (χ3v) is 6.63. The molecule has 0 spiro atoms. The Morgan fingerprint density at radius 1 is 0.938 bits per heavy atom. The van der Waals surface area contributed by atoms with E-state index < -0.39 is 0 Å². The number of hydrogen-bond acceptors (Lipinski definition) is 5. The summed E-state index contributed by atoms with van der Waals surface area (Å²) in [5.41, 5.74) is 4.94. The number of para-hydroxylation sites is 1. The number of amides is 2. The van der Waals surface area contributed by atoms with E-state index in [4.69, 9.17) is 0 Å². The minimum absolute atomic E-state index is 0.198. The van der Waals surface area contributed by atoms with Crippen molar-refractivity contribution in [3.05, 3.63) is 87.6 Å². The third kappa shape index (κ3) is 3.93. The number of thiazole rings is 1. The average molecular weight is 459 g/mol. The summed E-state index contributed by atoms with van der Waals surface area (Å²) < 4.78 is 0. The maximum Gasteiger partial charge on any atom is 0.265 e. The second kappa shape index (κ2) is 8.41. The number of H-pyrrole nitrogens is 1. The van der Waals surface area contributed by atoms with Crippen molar-refractivity contribution < 1.29 is 9.59 Å². The number of aromatic nitrogens is 2. The lowest BCUT2D eigenvalue weighted by atomic mass is 10.1. The van der Waals surface area contributed by atoms with Gasteiger partial charge in [-0.15, -0.1) is 22.7 Å². The third-order valence-electron chi connectivity index (χ3n) is 5.00. The van der Waals surface area contributed by atoms with Gasteiger partial charge in [-0.25, -0.2) is 4.98 Å². The molecule has 0 aliphatic rings. The van der Waals surface area contributed by atoms with Gasteiger partial charge in [0.05, 0.1) is 10.6 Å². The Bertz CT molecular complexity index is 1430. The minimum atomic E-state index is -0.284. The maximum absolute atomic E-state index is 12.8. The fraction of sp³-hybridized carbons (Fsp3) is 0.0417. The van der Waals surface area contributed by atoms with Gasteiger partial charge in [-0.3, -0.25) is 14.9 Å². The van der Waals surface area contributed by atoms with Crippen LogP contribution in [-0.4, -0.2) is 21.8 Å². The lowest BCUT2D eigenvalue weighted by Gasteiger charge is -2.06. The molecule has 0 unspecified atom stereocenters. The molecule has 32 heavy (non-hydrogen) atoms. The predicted molar refractivity (Wildman–Crippen MR) is 131 cm³/mol. The quantitative estimate of drug-likeness (QED) is 0.294. The number of aryl methyl sites for hydroxylation is 1. The number of fused-ring (bicyclic) bond motifs is 1. The summed E-state index contributed by atoms with van der Waals surface area (Å²) >= 11 is 2.74. The Labute approximate surface area is 192 Å². The highest BCUT2D eigenvalue weighted by Crippen LogP contribution is 2.34. The molecule has 2 aromatic carbocycles. The van der Waals surface area contributed by atoms with E-state index in [9.17, 15) is 9.59 Å². The first-order chi connectivity index (χ1) is 15.6. The number of nitrogens with one attached hydrogen (secondary N) is 3. The molecule has 0 aliphatic carbocycles. The molecular formula is C24H18N4O2S2. The first kappa shape index (κ1) is 20.2. The maximum atomic E-state index is 12.8. The lowest BCUT2D eigenvalue weighted by Crippen LogP contribution is -2.14. The minimum Gasteiger partial charge on any atom is -0.358 e. The van der Waals surface area contributed by atoms with Gasteiger partial charge in [0.2, 0.25) is 0 Å². The van der Waals surface area contributed by atoms with Crippen LogP contribution in [0.1, 0.15) is 25.7 Å². The summed E-state index contributed by atoms with van der Waals surface area (Å²) in [6.45, 7) is 2.02. The van der Waals surface area contributed by atoms with Gasteiger partial charge in [0.25, 0.3) is 11.8 Å². The molecule has 0 bridgehead atoms. The number of thiophene rings is 1. The Kier molecular flexibility index (Phi) is 5.30. The number of anilines is 2. The normalized spacial score (nSPS) is 10.9. The van der Waals surface area contributed by atoms with Gasteiger partial charge in [0, 0.05) is 38.8 Å². The number of benzene rings is 2. The monoisotopic (exact) mass is 458 g/mol. The van der Waals surface area contributed by atoms with Gasteiger partial charge >= 0.3 is 0 Å². The second-order valence-electron chi connectivity index (χ2n) is 7.17. The largest absolute Gasteiger partial charge is 0.358 e. The Hall–Kier alpha value is -3.75. The molecule has 0 saturated carbocycles. The van der Waals surface area contributed by atoms with Crippen molar-refractivity contribution in [2.75, 3.05) is 10.6 Å². The Morgan fingerprint density at radius 2 is 1.81 bits per heavy atom. The van der Waals surface area contributed by atoms with Gasteiger partial charge < -0.3 is 10.3 Å². The molecule has 8 heteroatoms. The summed E-state index contributed by atoms with van der Waals surface area (Å²) in [6, 6.07) is 18.5. The van der Waals surface area contributed by atoms with Crippen molar-refractivity contribution in [3.8, 4) is 11.3 Å². The van der Waals surface area contributed by atoms with Crippen molar-refractivity contribution >= 4 is 56.2 Å². The van der Waals surface area contributed by atoms with Crippen molar-refractivity contribution in [3.63, 3.8) is 0 Å². The second-order valence-corrected chi connectivity index (χ2v) is 8.98. The van der Waals surface area contributed by atoms with Gasteiger partial charge in [-0.05, 0) is 42.6 Å². The molecule has 0 radical (unpaired) electrons. The number of hydrogen-bond donors (Lipinski definition) is 3. The zero-order chi connectivity index (χ0) is 22.1. The summed E-state index contributed by atoms with van der Waals surface area (Å²) in [4.78, 5) is 33.7. The molecule has 3 aromatic heterocycles. The van der Waals surface area contributed by atoms with Gasteiger partial charge in [0.1, 0.15) is 0 Å². The standard InChI is InChI=1S/C24H18N4O2S2/c1-14-21(17-8-2-3-9-18(17)25-14)19-13-32-24(27-19)28-22(29)15-6-4-7-16(12-15)26-23(30)20-10-5-11-31-20/h2-13,25H,1H3,(H,26,30)(H,27,28,29). The number of nitrogens with zero attached hydrogens (tertiary/aromatic N) is 1. The zero-order valence-electron chi connectivity index (χ0n) is 17.0. The molecule has 3 N–H and O–H groups in total. The molecular weight excluding hydrogens is 440 g/mol. The van der Waals surface area contributed by atoms with Crippen LogP contribution in [0.15, 0.2) is 71.4 Å². The van der Waals surface area contributed by atoms with E-state index in [0.29, 0.717) is 21.3 Å². The van der Waals surface area contributed by atoms with Crippen LogP contribution in [0.5, 0.6) is 0 Å². The molecule has 0 fully saturated rings. The van der Waals surface area contributed by atoms with E-state index in [-0.39, 0.29) is 11.8 Å². The number of aromatic amines is 1. The van der Waals surface area contributed by atoms with Crippen molar-refractivity contribution in [2.45, 2.75) is 6.92 Å². The first-order valence-corrected chi connectivity index (χ1v) is 11.6. The number of rotatable bonds is 5. The van der Waals surface area contributed by atoms with Crippen LogP contribution in [0.4, 0.5) is 10.8 Å².